The Kier molecular flexibility index (Phi) is 5.40. The Labute approximate surface area is 205 Å². The zero-order valence-corrected chi connectivity index (χ0v) is 20.3. The minimum atomic E-state index is -0.0510. The number of hydrogen-bond acceptors (Lipinski definition) is 5. The molecule has 7 heteroatoms. The zero-order chi connectivity index (χ0) is 24.0. The van der Waals surface area contributed by atoms with Gasteiger partial charge in [-0.1, -0.05) is 19.8 Å². The van der Waals surface area contributed by atoms with Gasteiger partial charge in [0.25, 0.3) is 5.91 Å². The van der Waals surface area contributed by atoms with Crippen molar-refractivity contribution in [2.24, 2.45) is 5.41 Å². The molecule has 3 aromatic rings. The molecule has 7 nitrogen and oxygen atoms in total. The fraction of sp³-hybridized carbons (Fsp3) is 0.464. The zero-order valence-electron chi connectivity index (χ0n) is 20.3. The lowest BCUT2D eigenvalue weighted by atomic mass is 9.89. The van der Waals surface area contributed by atoms with Crippen LogP contribution in [0.2, 0.25) is 0 Å². The van der Waals surface area contributed by atoms with Crippen LogP contribution in [0.5, 0.6) is 0 Å². The maximum atomic E-state index is 13.0. The molecule has 0 unspecified atom stereocenters. The Morgan fingerprint density at radius 3 is 2.74 bits per heavy atom. The molecule has 0 atom stereocenters. The molecule has 0 N–H and O–H groups in total. The fourth-order valence-corrected chi connectivity index (χ4v) is 6.00. The van der Waals surface area contributed by atoms with Crippen LogP contribution in [0, 0.1) is 16.7 Å². The van der Waals surface area contributed by atoms with Crippen molar-refractivity contribution in [3.8, 4) is 28.5 Å². The van der Waals surface area contributed by atoms with E-state index in [-0.39, 0.29) is 5.91 Å². The number of amides is 1. The highest BCUT2D eigenvalue weighted by molar-refractivity contribution is 5.99. The lowest BCUT2D eigenvalue weighted by molar-refractivity contribution is 0.0781. The maximum Gasteiger partial charge on any atom is 0.256 e. The van der Waals surface area contributed by atoms with Crippen molar-refractivity contribution in [1.29, 1.82) is 5.26 Å². The number of rotatable bonds is 6. The number of fused-ring (bicyclic) bond motifs is 2. The maximum absolute atomic E-state index is 13.0. The molecule has 2 aliphatic carbocycles. The van der Waals surface area contributed by atoms with Gasteiger partial charge in [0.1, 0.15) is 0 Å². The number of aryl methyl sites for hydroxylation is 2. The van der Waals surface area contributed by atoms with E-state index in [0.717, 1.165) is 59.6 Å². The van der Waals surface area contributed by atoms with Crippen LogP contribution in [0.3, 0.4) is 0 Å². The second-order valence-corrected chi connectivity index (χ2v) is 10.6. The third kappa shape index (κ3) is 4.01. The first-order valence-corrected chi connectivity index (χ1v) is 12.7. The summed E-state index contributed by atoms with van der Waals surface area (Å²) in [4.78, 5) is 24.4. The van der Waals surface area contributed by atoms with Crippen LogP contribution >= 0.6 is 0 Å². The molecule has 0 saturated heterocycles. The average Bonchev–Trinajstić information content (AvgIpc) is 3.65. The van der Waals surface area contributed by atoms with Gasteiger partial charge in [-0.15, -0.1) is 0 Å². The number of nitrogens with zero attached hydrogens (tertiary/aromatic N) is 6. The molecule has 3 aliphatic rings. The molecule has 3 aromatic heterocycles. The Bertz CT molecular complexity index is 1340. The molecular weight excluding hydrogens is 436 g/mol. The molecule has 0 bridgehead atoms. The highest BCUT2D eigenvalue weighted by Gasteiger charge is 2.31. The summed E-state index contributed by atoms with van der Waals surface area (Å²) >= 11 is 0. The second-order valence-electron chi connectivity index (χ2n) is 10.6. The fourth-order valence-electron chi connectivity index (χ4n) is 6.00. The molecule has 0 aromatic carbocycles. The summed E-state index contributed by atoms with van der Waals surface area (Å²) < 4.78 is 2.09. The predicted octanol–water partition coefficient (Wildman–Crippen LogP) is 4.95. The number of nitriles is 1. The minimum Gasteiger partial charge on any atom is -0.332 e. The summed E-state index contributed by atoms with van der Waals surface area (Å²) in [7, 11) is 0. The van der Waals surface area contributed by atoms with Gasteiger partial charge in [0.2, 0.25) is 0 Å². The highest BCUT2D eigenvalue weighted by Crippen LogP contribution is 2.40. The van der Waals surface area contributed by atoms with Crippen molar-refractivity contribution < 1.29 is 4.79 Å². The summed E-state index contributed by atoms with van der Waals surface area (Å²) in [5.74, 6) is -0.0510. The summed E-state index contributed by atoms with van der Waals surface area (Å²) in [6.07, 6.45) is 14.6. The van der Waals surface area contributed by atoms with Crippen molar-refractivity contribution in [2.45, 2.75) is 71.4 Å². The Morgan fingerprint density at radius 2 is 1.91 bits per heavy atom. The van der Waals surface area contributed by atoms with Gasteiger partial charge in [0, 0.05) is 47.9 Å². The topological polar surface area (TPSA) is 87.7 Å². The average molecular weight is 467 g/mol. The summed E-state index contributed by atoms with van der Waals surface area (Å²) in [5.41, 5.74) is 8.03. The van der Waals surface area contributed by atoms with Crippen LogP contribution in [-0.4, -0.2) is 37.1 Å². The molecule has 4 heterocycles. The van der Waals surface area contributed by atoms with Crippen molar-refractivity contribution in [2.75, 3.05) is 6.54 Å². The summed E-state index contributed by atoms with van der Waals surface area (Å²) in [6.45, 7) is 4.21. The van der Waals surface area contributed by atoms with Crippen molar-refractivity contribution >= 4 is 5.91 Å². The molecule has 6 rings (SSSR count). The number of pyridine rings is 2. The Balaban J connectivity index is 1.37. The Morgan fingerprint density at radius 1 is 1.06 bits per heavy atom. The van der Waals surface area contributed by atoms with Gasteiger partial charge in [-0.25, -0.2) is 0 Å². The van der Waals surface area contributed by atoms with Gasteiger partial charge in [-0.05, 0) is 55.2 Å². The molecule has 1 aliphatic heterocycles. The van der Waals surface area contributed by atoms with Crippen molar-refractivity contribution in [3.05, 3.63) is 53.2 Å². The largest absolute Gasteiger partial charge is 0.332 e. The molecule has 1 amide bonds. The molecule has 0 radical (unpaired) electrons. The number of carbonyl (C=O) groups excluding carboxylic acids is 1. The van der Waals surface area contributed by atoms with Gasteiger partial charge in [-0.2, -0.15) is 10.4 Å². The van der Waals surface area contributed by atoms with Crippen molar-refractivity contribution in [3.63, 3.8) is 0 Å². The molecule has 0 spiro atoms. The monoisotopic (exact) mass is 466 g/mol. The van der Waals surface area contributed by atoms with Gasteiger partial charge in [0.05, 0.1) is 42.2 Å². The molecule has 178 valence electrons. The number of carbonyl (C=O) groups is 1. The molecular formula is C28H30N6O. The third-order valence-electron chi connectivity index (χ3n) is 7.94. The van der Waals surface area contributed by atoms with Crippen LogP contribution in [0.25, 0.3) is 22.4 Å². The van der Waals surface area contributed by atoms with E-state index in [9.17, 15) is 4.79 Å². The number of aromatic nitrogens is 4. The van der Waals surface area contributed by atoms with Crippen LogP contribution in [0.4, 0.5) is 0 Å². The highest BCUT2D eigenvalue weighted by atomic mass is 16.2. The van der Waals surface area contributed by atoms with E-state index in [4.69, 9.17) is 15.3 Å². The summed E-state index contributed by atoms with van der Waals surface area (Å²) in [5, 5.41) is 13.6. The Hall–Kier alpha value is -3.53. The standard InChI is InChI=1S/C28H30N6O/c1-28(8-2-3-9-28)18-34-16-21(15-31-34)22-12-19-6-4-7-24(19)32-26(22)20-13-23-25(30-14-20)17-33(27(23)35)11-5-10-29/h12-16H,2-9,11,17-18H2,1H3. The van der Waals surface area contributed by atoms with E-state index in [1.807, 2.05) is 18.5 Å². The van der Waals surface area contributed by atoms with Gasteiger partial charge >= 0.3 is 0 Å². The molecule has 35 heavy (non-hydrogen) atoms. The van der Waals surface area contributed by atoms with E-state index >= 15 is 0 Å². The van der Waals surface area contributed by atoms with Crippen LogP contribution in [-0.2, 0) is 25.9 Å². The van der Waals surface area contributed by atoms with E-state index in [1.54, 1.807) is 4.90 Å². The van der Waals surface area contributed by atoms with E-state index in [0.29, 0.717) is 30.5 Å². The van der Waals surface area contributed by atoms with Crippen LogP contribution in [0.1, 0.15) is 72.8 Å². The smallest absolute Gasteiger partial charge is 0.256 e. The van der Waals surface area contributed by atoms with E-state index in [2.05, 4.69) is 34.9 Å². The third-order valence-corrected chi connectivity index (χ3v) is 7.94. The second kappa shape index (κ2) is 8.60. The molecule has 1 saturated carbocycles. The van der Waals surface area contributed by atoms with Crippen LogP contribution in [0.15, 0.2) is 30.7 Å². The molecule has 1 fully saturated rings. The van der Waals surface area contributed by atoms with E-state index in [1.165, 1.54) is 31.2 Å². The van der Waals surface area contributed by atoms with Crippen LogP contribution < -0.4 is 0 Å². The quantitative estimate of drug-likeness (QED) is 0.513. The van der Waals surface area contributed by atoms with Gasteiger partial charge in [0.15, 0.2) is 0 Å². The normalized spacial score (nSPS) is 18.1. The first-order valence-electron chi connectivity index (χ1n) is 12.7. The first-order chi connectivity index (χ1) is 17.0. The SMILES string of the molecule is CC1(Cn2cc(-c3cc4c(nc3-c3cnc5c(c3)C(=O)N(CCC#N)C5)CCC4)cn2)CCCC1. The lowest BCUT2D eigenvalue weighted by Gasteiger charge is -2.23. The minimum absolute atomic E-state index is 0.0510. The first kappa shape index (κ1) is 22.0. The lowest BCUT2D eigenvalue weighted by Crippen LogP contribution is -2.24. The van der Waals surface area contributed by atoms with E-state index < -0.39 is 0 Å². The van der Waals surface area contributed by atoms with Gasteiger partial charge < -0.3 is 4.90 Å². The summed E-state index contributed by atoms with van der Waals surface area (Å²) in [6, 6.07) is 6.34. The van der Waals surface area contributed by atoms with Crippen molar-refractivity contribution in [1.82, 2.24) is 24.6 Å². The number of hydrogen-bond donors (Lipinski definition) is 0. The predicted molar refractivity (Wildman–Crippen MR) is 132 cm³/mol. The van der Waals surface area contributed by atoms with Gasteiger partial charge in [-0.3, -0.25) is 19.4 Å².